The van der Waals surface area contributed by atoms with Gasteiger partial charge in [-0.05, 0) is 24.1 Å². The molecular formula is C22H34N2O6. The predicted octanol–water partition coefficient (Wildman–Crippen LogP) is 2.06. The van der Waals surface area contributed by atoms with Gasteiger partial charge in [-0.2, -0.15) is 0 Å². The number of hydrogen-bond acceptors (Lipinski definition) is 6. The highest BCUT2D eigenvalue weighted by molar-refractivity contribution is 5.84. The summed E-state index contributed by atoms with van der Waals surface area (Å²) in [6.07, 6.45) is 0.735. The number of nitrogens with zero attached hydrogens (tertiary/aromatic N) is 1. The van der Waals surface area contributed by atoms with Gasteiger partial charge in [-0.3, -0.25) is 9.59 Å². The lowest BCUT2D eigenvalue weighted by molar-refractivity contribution is -0.133. The SMILES string of the molecule is COCCCNC(=O)[C@@H]1CN(C(=O)C(C)C)C[C@H]1c1cc(OC)c(OC)c(OC)c1. The van der Waals surface area contributed by atoms with Gasteiger partial charge < -0.3 is 29.2 Å². The number of amides is 2. The van der Waals surface area contributed by atoms with E-state index in [0.29, 0.717) is 43.5 Å². The fourth-order valence-corrected chi connectivity index (χ4v) is 3.83. The monoisotopic (exact) mass is 422 g/mol. The van der Waals surface area contributed by atoms with E-state index in [0.717, 1.165) is 12.0 Å². The molecule has 0 saturated carbocycles. The van der Waals surface area contributed by atoms with E-state index in [-0.39, 0.29) is 29.6 Å². The van der Waals surface area contributed by atoms with Gasteiger partial charge in [-0.25, -0.2) is 0 Å². The van der Waals surface area contributed by atoms with Crippen LogP contribution in [0.3, 0.4) is 0 Å². The fourth-order valence-electron chi connectivity index (χ4n) is 3.83. The molecule has 0 unspecified atom stereocenters. The largest absolute Gasteiger partial charge is 0.493 e. The van der Waals surface area contributed by atoms with Crippen LogP contribution in [0.5, 0.6) is 17.2 Å². The summed E-state index contributed by atoms with van der Waals surface area (Å²) in [6, 6.07) is 3.72. The van der Waals surface area contributed by atoms with Crippen LogP contribution in [0.4, 0.5) is 0 Å². The molecule has 1 N–H and O–H groups in total. The summed E-state index contributed by atoms with van der Waals surface area (Å²) in [5.41, 5.74) is 0.876. The maximum absolute atomic E-state index is 13.0. The number of rotatable bonds is 10. The summed E-state index contributed by atoms with van der Waals surface area (Å²) in [7, 11) is 6.30. The topological polar surface area (TPSA) is 86.3 Å². The third-order valence-corrected chi connectivity index (χ3v) is 5.40. The van der Waals surface area contributed by atoms with Crippen molar-refractivity contribution in [3.63, 3.8) is 0 Å². The number of likely N-dealkylation sites (tertiary alicyclic amines) is 1. The molecule has 2 atom stereocenters. The van der Waals surface area contributed by atoms with E-state index in [4.69, 9.17) is 18.9 Å². The van der Waals surface area contributed by atoms with Crippen LogP contribution in [-0.4, -0.2) is 71.4 Å². The van der Waals surface area contributed by atoms with E-state index in [9.17, 15) is 9.59 Å². The summed E-state index contributed by atoms with van der Waals surface area (Å²) in [6.45, 7) is 5.70. The molecule has 1 saturated heterocycles. The van der Waals surface area contributed by atoms with E-state index >= 15 is 0 Å². The minimum Gasteiger partial charge on any atom is -0.493 e. The van der Waals surface area contributed by atoms with Crippen molar-refractivity contribution < 1.29 is 28.5 Å². The number of hydrogen-bond donors (Lipinski definition) is 1. The lowest BCUT2D eigenvalue weighted by Crippen LogP contribution is -2.37. The highest BCUT2D eigenvalue weighted by Gasteiger charge is 2.41. The summed E-state index contributed by atoms with van der Waals surface area (Å²) >= 11 is 0. The van der Waals surface area contributed by atoms with E-state index in [1.54, 1.807) is 33.3 Å². The highest BCUT2D eigenvalue weighted by Crippen LogP contribution is 2.43. The third-order valence-electron chi connectivity index (χ3n) is 5.40. The van der Waals surface area contributed by atoms with Gasteiger partial charge in [-0.1, -0.05) is 13.8 Å². The first-order valence-electron chi connectivity index (χ1n) is 10.2. The Hall–Kier alpha value is -2.48. The van der Waals surface area contributed by atoms with Crippen LogP contribution in [0, 0.1) is 11.8 Å². The number of carbonyl (C=O) groups is 2. The molecule has 0 radical (unpaired) electrons. The van der Waals surface area contributed by atoms with E-state index < -0.39 is 0 Å². The standard InChI is InChI=1S/C22H34N2O6/c1-14(2)22(26)24-12-16(17(13-24)21(25)23-8-7-9-27-3)15-10-18(28-4)20(30-6)19(11-15)29-5/h10-11,14,16-17H,7-9,12-13H2,1-6H3,(H,23,25)/t16-,17+/m0/s1. The van der Waals surface area contributed by atoms with Gasteiger partial charge in [0.2, 0.25) is 17.6 Å². The van der Waals surface area contributed by atoms with Gasteiger partial charge in [0.15, 0.2) is 11.5 Å². The molecule has 1 fully saturated rings. The van der Waals surface area contributed by atoms with Crippen LogP contribution in [0.25, 0.3) is 0 Å². The molecule has 2 rings (SSSR count). The maximum atomic E-state index is 13.0. The zero-order valence-corrected chi connectivity index (χ0v) is 18.8. The Kier molecular flexibility index (Phi) is 8.77. The quantitative estimate of drug-likeness (QED) is 0.581. The van der Waals surface area contributed by atoms with Crippen molar-refractivity contribution in [2.45, 2.75) is 26.2 Å². The van der Waals surface area contributed by atoms with Crippen LogP contribution in [0.15, 0.2) is 12.1 Å². The summed E-state index contributed by atoms with van der Waals surface area (Å²) < 4.78 is 21.4. The van der Waals surface area contributed by atoms with Crippen molar-refractivity contribution in [1.82, 2.24) is 10.2 Å². The normalized spacial score (nSPS) is 18.4. The molecule has 168 valence electrons. The molecule has 1 aromatic rings. The number of ether oxygens (including phenoxy) is 4. The molecule has 2 amide bonds. The molecule has 0 spiro atoms. The summed E-state index contributed by atoms with van der Waals surface area (Å²) in [5.74, 6) is 0.860. The van der Waals surface area contributed by atoms with Gasteiger partial charge in [0.25, 0.3) is 0 Å². The van der Waals surface area contributed by atoms with Gasteiger partial charge >= 0.3 is 0 Å². The number of methoxy groups -OCH3 is 4. The minimum absolute atomic E-state index is 0.0436. The molecule has 1 heterocycles. The molecule has 1 aliphatic rings. The fraction of sp³-hybridized carbons (Fsp3) is 0.636. The lowest BCUT2D eigenvalue weighted by Gasteiger charge is -2.21. The molecule has 8 heteroatoms. The van der Waals surface area contributed by atoms with Crippen molar-refractivity contribution in [2.24, 2.45) is 11.8 Å². The first-order chi connectivity index (χ1) is 14.4. The van der Waals surface area contributed by atoms with Crippen molar-refractivity contribution in [3.05, 3.63) is 17.7 Å². The molecule has 8 nitrogen and oxygen atoms in total. The van der Waals surface area contributed by atoms with Crippen LogP contribution < -0.4 is 19.5 Å². The van der Waals surface area contributed by atoms with E-state index in [1.165, 1.54) is 0 Å². The Morgan fingerprint density at radius 2 is 1.70 bits per heavy atom. The van der Waals surface area contributed by atoms with Crippen molar-refractivity contribution in [3.8, 4) is 17.2 Å². The smallest absolute Gasteiger partial charge is 0.225 e. The van der Waals surface area contributed by atoms with Crippen molar-refractivity contribution in [1.29, 1.82) is 0 Å². The van der Waals surface area contributed by atoms with Gasteiger partial charge in [0, 0.05) is 45.2 Å². The third kappa shape index (κ3) is 5.36. The Morgan fingerprint density at radius 1 is 1.07 bits per heavy atom. The van der Waals surface area contributed by atoms with Crippen molar-refractivity contribution >= 4 is 11.8 Å². The Bertz CT molecular complexity index is 711. The molecule has 30 heavy (non-hydrogen) atoms. The zero-order valence-electron chi connectivity index (χ0n) is 18.8. The second-order valence-corrected chi connectivity index (χ2v) is 7.71. The second kappa shape index (κ2) is 11.1. The van der Waals surface area contributed by atoms with Gasteiger partial charge in [0.1, 0.15) is 0 Å². The number of nitrogens with one attached hydrogen (secondary N) is 1. The molecular weight excluding hydrogens is 388 g/mol. The van der Waals surface area contributed by atoms with Crippen molar-refractivity contribution in [2.75, 3.05) is 54.7 Å². The Morgan fingerprint density at radius 3 is 2.20 bits per heavy atom. The lowest BCUT2D eigenvalue weighted by atomic mass is 9.88. The number of carbonyl (C=O) groups excluding carboxylic acids is 2. The van der Waals surface area contributed by atoms with Gasteiger partial charge in [0.05, 0.1) is 27.2 Å². The predicted molar refractivity (Wildman–Crippen MR) is 113 cm³/mol. The second-order valence-electron chi connectivity index (χ2n) is 7.71. The first kappa shape index (κ1) is 23.8. The molecule has 1 aliphatic heterocycles. The van der Waals surface area contributed by atoms with E-state index in [1.807, 2.05) is 26.0 Å². The molecule has 0 aliphatic carbocycles. The molecule has 1 aromatic carbocycles. The maximum Gasteiger partial charge on any atom is 0.225 e. The van der Waals surface area contributed by atoms with Crippen LogP contribution in [0.2, 0.25) is 0 Å². The molecule has 0 bridgehead atoms. The zero-order chi connectivity index (χ0) is 22.3. The Balaban J connectivity index is 2.35. The first-order valence-corrected chi connectivity index (χ1v) is 10.2. The minimum atomic E-state index is -0.363. The van der Waals surface area contributed by atoms with Crippen LogP contribution in [-0.2, 0) is 14.3 Å². The summed E-state index contributed by atoms with van der Waals surface area (Å²) in [4.78, 5) is 27.4. The highest BCUT2D eigenvalue weighted by atomic mass is 16.5. The molecule has 0 aromatic heterocycles. The summed E-state index contributed by atoms with van der Waals surface area (Å²) in [5, 5.41) is 2.98. The van der Waals surface area contributed by atoms with Crippen LogP contribution in [0.1, 0.15) is 31.7 Å². The average Bonchev–Trinajstić information content (AvgIpc) is 3.20. The average molecular weight is 423 g/mol. The van der Waals surface area contributed by atoms with Gasteiger partial charge in [-0.15, -0.1) is 0 Å². The van der Waals surface area contributed by atoms with Crippen LogP contribution >= 0.6 is 0 Å². The number of benzene rings is 1. The van der Waals surface area contributed by atoms with E-state index in [2.05, 4.69) is 5.32 Å². The Labute approximate surface area is 178 Å².